The smallest absolute Gasteiger partial charge is 0.224 e. The van der Waals surface area contributed by atoms with Crippen molar-refractivity contribution in [3.63, 3.8) is 0 Å². The highest BCUT2D eigenvalue weighted by Gasteiger charge is 2.34. The average Bonchev–Trinajstić information content (AvgIpc) is 2.72. The quantitative estimate of drug-likeness (QED) is 0.898. The van der Waals surface area contributed by atoms with Crippen LogP contribution in [0.3, 0.4) is 0 Å². The first-order chi connectivity index (χ1) is 9.60. The average molecular weight is 297 g/mol. The van der Waals surface area contributed by atoms with E-state index < -0.39 is 5.82 Å². The van der Waals surface area contributed by atoms with Crippen LogP contribution in [0.25, 0.3) is 0 Å². The van der Waals surface area contributed by atoms with E-state index in [-0.39, 0.29) is 11.6 Å². The highest BCUT2D eigenvalue weighted by atomic mass is 35.5. The summed E-state index contributed by atoms with van der Waals surface area (Å²) in [6.45, 7) is 0. The molecule has 3 rings (SSSR count). The molecule has 5 heteroatoms. The fraction of sp³-hybridized carbons (Fsp3) is 0.533. The van der Waals surface area contributed by atoms with E-state index in [4.69, 9.17) is 11.6 Å². The van der Waals surface area contributed by atoms with E-state index in [9.17, 15) is 9.18 Å². The third-order valence-electron chi connectivity index (χ3n) is 4.25. The minimum absolute atomic E-state index is 0.113. The molecule has 2 saturated heterocycles. The molecule has 0 aromatic heterocycles. The summed E-state index contributed by atoms with van der Waals surface area (Å²) in [6.07, 6.45) is 5.00. The van der Waals surface area contributed by atoms with Gasteiger partial charge in [-0.05, 0) is 49.8 Å². The molecule has 2 aliphatic rings. The molecule has 0 aliphatic carbocycles. The molecular weight excluding hydrogens is 279 g/mol. The molecule has 2 unspecified atom stereocenters. The van der Waals surface area contributed by atoms with E-state index in [1.165, 1.54) is 25.0 Å². The van der Waals surface area contributed by atoms with Crippen molar-refractivity contribution in [2.45, 2.75) is 44.2 Å². The molecule has 108 valence electrons. The molecule has 3 nitrogen and oxygen atoms in total. The van der Waals surface area contributed by atoms with Crippen LogP contribution in [0.15, 0.2) is 18.2 Å². The molecule has 2 aliphatic heterocycles. The number of nitrogens with one attached hydrogen (secondary N) is 2. The van der Waals surface area contributed by atoms with Crippen molar-refractivity contribution in [1.29, 1.82) is 0 Å². The predicted octanol–water partition coefficient (Wildman–Crippen LogP) is 3.34. The van der Waals surface area contributed by atoms with Crippen LogP contribution in [0.4, 0.5) is 10.1 Å². The van der Waals surface area contributed by atoms with Crippen LogP contribution < -0.4 is 10.6 Å². The Balaban J connectivity index is 1.57. The van der Waals surface area contributed by atoms with Gasteiger partial charge in [0.2, 0.25) is 5.91 Å². The third-order valence-corrected chi connectivity index (χ3v) is 4.49. The largest absolute Gasteiger partial charge is 0.324 e. The minimum atomic E-state index is -0.490. The second-order valence-corrected chi connectivity index (χ2v) is 6.29. The number of rotatable bonds is 3. The number of anilines is 1. The Morgan fingerprint density at radius 3 is 2.70 bits per heavy atom. The summed E-state index contributed by atoms with van der Waals surface area (Å²) in [5, 5.41) is 6.52. The Hall–Kier alpha value is -1.13. The number of carbonyl (C=O) groups excluding carboxylic acids is 1. The maximum Gasteiger partial charge on any atom is 0.224 e. The summed E-state index contributed by atoms with van der Waals surface area (Å²) < 4.78 is 13.6. The van der Waals surface area contributed by atoms with Gasteiger partial charge in [0.1, 0.15) is 5.82 Å². The lowest BCUT2D eigenvalue weighted by molar-refractivity contribution is -0.117. The number of hydrogen-bond acceptors (Lipinski definition) is 2. The van der Waals surface area contributed by atoms with Crippen LogP contribution in [0.5, 0.6) is 0 Å². The predicted molar refractivity (Wildman–Crippen MR) is 77.3 cm³/mol. The van der Waals surface area contributed by atoms with E-state index in [0.29, 0.717) is 29.4 Å². The number of halogens is 2. The van der Waals surface area contributed by atoms with Crippen molar-refractivity contribution in [1.82, 2.24) is 5.32 Å². The van der Waals surface area contributed by atoms with Gasteiger partial charge in [-0.25, -0.2) is 4.39 Å². The van der Waals surface area contributed by atoms with E-state index in [0.717, 1.165) is 12.8 Å². The summed E-state index contributed by atoms with van der Waals surface area (Å²) in [5.74, 6) is -0.196. The maximum atomic E-state index is 13.6. The van der Waals surface area contributed by atoms with Crippen LogP contribution in [-0.4, -0.2) is 18.0 Å². The minimum Gasteiger partial charge on any atom is -0.324 e. The molecule has 2 N–H and O–H groups in total. The zero-order valence-corrected chi connectivity index (χ0v) is 11.9. The first-order valence-corrected chi connectivity index (χ1v) is 7.49. The molecule has 1 amide bonds. The van der Waals surface area contributed by atoms with Gasteiger partial charge in [0.05, 0.1) is 5.69 Å². The summed E-state index contributed by atoms with van der Waals surface area (Å²) in [4.78, 5) is 12.0. The van der Waals surface area contributed by atoms with E-state index in [1.54, 1.807) is 6.07 Å². The molecule has 2 atom stereocenters. The highest BCUT2D eigenvalue weighted by Crippen LogP contribution is 2.33. The molecular formula is C15H18ClFN2O. The van der Waals surface area contributed by atoms with Crippen LogP contribution in [0.2, 0.25) is 5.02 Å². The summed E-state index contributed by atoms with van der Waals surface area (Å²) in [7, 11) is 0. The number of fused-ring (bicyclic) bond motifs is 2. The van der Waals surface area contributed by atoms with Crippen LogP contribution in [0.1, 0.15) is 32.1 Å². The van der Waals surface area contributed by atoms with Crippen molar-refractivity contribution in [2.75, 3.05) is 5.32 Å². The molecule has 2 heterocycles. The molecule has 2 bridgehead atoms. The molecule has 1 aromatic rings. The normalized spacial score (nSPS) is 28.4. The fourth-order valence-corrected chi connectivity index (χ4v) is 3.55. The highest BCUT2D eigenvalue weighted by molar-refractivity contribution is 6.30. The lowest BCUT2D eigenvalue weighted by Crippen LogP contribution is -2.39. The number of hydrogen-bond donors (Lipinski definition) is 2. The second-order valence-electron chi connectivity index (χ2n) is 5.85. The lowest BCUT2D eigenvalue weighted by Gasteiger charge is -2.28. The van der Waals surface area contributed by atoms with Crippen molar-refractivity contribution in [2.24, 2.45) is 5.92 Å². The summed E-state index contributed by atoms with van der Waals surface area (Å²) in [5.41, 5.74) is 0.205. The molecule has 0 radical (unpaired) electrons. The van der Waals surface area contributed by atoms with Crippen LogP contribution in [-0.2, 0) is 4.79 Å². The van der Waals surface area contributed by atoms with Gasteiger partial charge < -0.3 is 10.6 Å². The molecule has 0 saturated carbocycles. The van der Waals surface area contributed by atoms with Gasteiger partial charge >= 0.3 is 0 Å². The monoisotopic (exact) mass is 296 g/mol. The first kappa shape index (κ1) is 13.8. The van der Waals surface area contributed by atoms with E-state index in [2.05, 4.69) is 10.6 Å². The standard InChI is InChI=1S/C15H18ClFN2O/c16-10-1-4-14(13(17)8-10)19-15(20)7-9-5-11-2-3-12(6-9)18-11/h1,4,8-9,11-12,18H,2-3,5-7H2,(H,19,20). The van der Waals surface area contributed by atoms with Gasteiger partial charge in [-0.15, -0.1) is 0 Å². The summed E-state index contributed by atoms with van der Waals surface area (Å²) >= 11 is 5.69. The number of benzene rings is 1. The van der Waals surface area contributed by atoms with Gasteiger partial charge in [0.25, 0.3) is 0 Å². The Labute approximate surface area is 122 Å². The van der Waals surface area contributed by atoms with Gasteiger partial charge in [-0.3, -0.25) is 4.79 Å². The second kappa shape index (κ2) is 5.70. The Kier molecular flexibility index (Phi) is 3.94. The van der Waals surface area contributed by atoms with Crippen LogP contribution >= 0.6 is 11.6 Å². The molecule has 2 fully saturated rings. The fourth-order valence-electron chi connectivity index (χ4n) is 3.40. The van der Waals surface area contributed by atoms with Gasteiger partial charge in [-0.1, -0.05) is 11.6 Å². The Morgan fingerprint density at radius 1 is 1.35 bits per heavy atom. The number of piperidine rings is 1. The van der Waals surface area contributed by atoms with Gasteiger partial charge in [-0.2, -0.15) is 0 Å². The first-order valence-electron chi connectivity index (χ1n) is 7.11. The topological polar surface area (TPSA) is 41.1 Å². The Bertz CT molecular complexity index is 511. The SMILES string of the molecule is O=C(CC1CC2CCC(C1)N2)Nc1ccc(Cl)cc1F. The molecule has 20 heavy (non-hydrogen) atoms. The van der Waals surface area contributed by atoms with Crippen LogP contribution in [0, 0.1) is 11.7 Å². The van der Waals surface area contributed by atoms with Gasteiger partial charge in [0, 0.05) is 23.5 Å². The van der Waals surface area contributed by atoms with Crippen molar-refractivity contribution < 1.29 is 9.18 Å². The van der Waals surface area contributed by atoms with E-state index in [1.807, 2.05) is 0 Å². The number of carbonyl (C=O) groups is 1. The summed E-state index contributed by atoms with van der Waals surface area (Å²) in [6, 6.07) is 5.42. The maximum absolute atomic E-state index is 13.6. The van der Waals surface area contributed by atoms with Crippen molar-refractivity contribution >= 4 is 23.2 Å². The zero-order valence-electron chi connectivity index (χ0n) is 11.2. The number of amides is 1. The van der Waals surface area contributed by atoms with Crippen molar-refractivity contribution in [3.8, 4) is 0 Å². The van der Waals surface area contributed by atoms with Crippen molar-refractivity contribution in [3.05, 3.63) is 29.0 Å². The third kappa shape index (κ3) is 3.13. The Morgan fingerprint density at radius 2 is 2.05 bits per heavy atom. The van der Waals surface area contributed by atoms with Gasteiger partial charge in [0.15, 0.2) is 0 Å². The lowest BCUT2D eigenvalue weighted by atomic mass is 9.89. The molecule has 1 aromatic carbocycles. The molecule has 0 spiro atoms. The zero-order chi connectivity index (χ0) is 14.1. The van der Waals surface area contributed by atoms with E-state index >= 15 is 0 Å².